The van der Waals surface area contributed by atoms with Crippen molar-refractivity contribution < 1.29 is 13.6 Å². The number of hydrogen-bond acceptors (Lipinski definition) is 4. The van der Waals surface area contributed by atoms with Gasteiger partial charge >= 0.3 is 0 Å². The van der Waals surface area contributed by atoms with Crippen LogP contribution < -0.4 is 5.32 Å². The van der Waals surface area contributed by atoms with Gasteiger partial charge in [0.15, 0.2) is 11.3 Å². The van der Waals surface area contributed by atoms with Crippen LogP contribution in [0.2, 0.25) is 0 Å². The summed E-state index contributed by atoms with van der Waals surface area (Å²) in [7, 11) is 0. The molecular formula is C15H12N2O3. The second-order valence-electron chi connectivity index (χ2n) is 5.44. The number of amides is 1. The van der Waals surface area contributed by atoms with Crippen molar-refractivity contribution in [1.29, 1.82) is 0 Å². The quantitative estimate of drug-likeness (QED) is 0.735. The SMILES string of the molecule is CC1(C)C(=O)Nc2cc3oc(-c4ccco4)nc3cc21. The van der Waals surface area contributed by atoms with E-state index in [0.29, 0.717) is 17.2 Å². The first kappa shape index (κ1) is 11.3. The van der Waals surface area contributed by atoms with Gasteiger partial charge in [-0.3, -0.25) is 4.79 Å². The van der Waals surface area contributed by atoms with E-state index in [2.05, 4.69) is 10.3 Å². The van der Waals surface area contributed by atoms with Gasteiger partial charge in [0, 0.05) is 11.8 Å². The molecule has 0 atom stereocenters. The zero-order chi connectivity index (χ0) is 13.9. The van der Waals surface area contributed by atoms with Gasteiger partial charge < -0.3 is 14.2 Å². The molecule has 0 spiro atoms. The highest BCUT2D eigenvalue weighted by Gasteiger charge is 2.39. The zero-order valence-electron chi connectivity index (χ0n) is 11.1. The van der Waals surface area contributed by atoms with Crippen molar-refractivity contribution in [3.05, 3.63) is 36.1 Å². The lowest BCUT2D eigenvalue weighted by molar-refractivity contribution is -0.119. The number of furan rings is 1. The summed E-state index contributed by atoms with van der Waals surface area (Å²) in [6, 6.07) is 7.30. The lowest BCUT2D eigenvalue weighted by Gasteiger charge is -2.14. The van der Waals surface area contributed by atoms with E-state index >= 15 is 0 Å². The van der Waals surface area contributed by atoms with Gasteiger partial charge in [-0.25, -0.2) is 4.98 Å². The minimum atomic E-state index is -0.548. The van der Waals surface area contributed by atoms with E-state index in [1.165, 1.54) is 0 Å². The minimum absolute atomic E-state index is 0.00795. The maximum absolute atomic E-state index is 11.9. The molecule has 0 saturated heterocycles. The van der Waals surface area contributed by atoms with E-state index in [4.69, 9.17) is 8.83 Å². The molecule has 3 heterocycles. The summed E-state index contributed by atoms with van der Waals surface area (Å²) in [5.41, 5.74) is 2.53. The fraction of sp³-hybridized carbons (Fsp3) is 0.200. The highest BCUT2D eigenvalue weighted by molar-refractivity contribution is 6.07. The lowest BCUT2D eigenvalue weighted by Crippen LogP contribution is -2.26. The molecular weight excluding hydrogens is 256 g/mol. The van der Waals surface area contributed by atoms with Gasteiger partial charge in [-0.2, -0.15) is 0 Å². The van der Waals surface area contributed by atoms with Gasteiger partial charge in [-0.1, -0.05) is 0 Å². The van der Waals surface area contributed by atoms with E-state index in [1.807, 2.05) is 26.0 Å². The largest absolute Gasteiger partial charge is 0.459 e. The van der Waals surface area contributed by atoms with Gasteiger partial charge in [0.05, 0.1) is 11.7 Å². The molecule has 5 nitrogen and oxygen atoms in total. The number of fused-ring (bicyclic) bond motifs is 2. The van der Waals surface area contributed by atoms with Gasteiger partial charge in [0.1, 0.15) is 5.52 Å². The monoisotopic (exact) mass is 268 g/mol. The molecule has 1 aromatic carbocycles. The Morgan fingerprint density at radius 2 is 2.15 bits per heavy atom. The van der Waals surface area contributed by atoms with Crippen molar-refractivity contribution >= 4 is 22.7 Å². The molecule has 100 valence electrons. The van der Waals surface area contributed by atoms with Crippen LogP contribution in [0, 0.1) is 0 Å². The lowest BCUT2D eigenvalue weighted by atomic mass is 9.86. The number of hydrogen-bond donors (Lipinski definition) is 1. The fourth-order valence-corrected chi connectivity index (χ4v) is 2.50. The Morgan fingerprint density at radius 1 is 1.30 bits per heavy atom. The molecule has 5 heteroatoms. The fourth-order valence-electron chi connectivity index (χ4n) is 2.50. The highest BCUT2D eigenvalue weighted by atomic mass is 16.4. The predicted octanol–water partition coefficient (Wildman–Crippen LogP) is 3.32. The Labute approximate surface area is 114 Å². The topological polar surface area (TPSA) is 68.3 Å². The van der Waals surface area contributed by atoms with Crippen LogP contribution in [0.15, 0.2) is 39.4 Å². The molecule has 20 heavy (non-hydrogen) atoms. The number of aromatic nitrogens is 1. The second-order valence-corrected chi connectivity index (χ2v) is 5.44. The maximum atomic E-state index is 11.9. The Hall–Kier alpha value is -2.56. The van der Waals surface area contributed by atoms with Crippen LogP contribution in [0.5, 0.6) is 0 Å². The van der Waals surface area contributed by atoms with Crippen LogP contribution in [0.25, 0.3) is 22.8 Å². The first-order valence-corrected chi connectivity index (χ1v) is 6.36. The predicted molar refractivity (Wildman–Crippen MR) is 73.4 cm³/mol. The average Bonchev–Trinajstić information content (AvgIpc) is 3.08. The zero-order valence-corrected chi connectivity index (χ0v) is 11.1. The van der Waals surface area contributed by atoms with E-state index in [1.54, 1.807) is 18.4 Å². The number of nitrogens with zero attached hydrogens (tertiary/aromatic N) is 1. The third kappa shape index (κ3) is 1.37. The summed E-state index contributed by atoms with van der Waals surface area (Å²) in [4.78, 5) is 16.4. The van der Waals surface area contributed by atoms with Crippen LogP contribution >= 0.6 is 0 Å². The normalized spacial score (nSPS) is 16.4. The smallest absolute Gasteiger partial charge is 0.263 e. The summed E-state index contributed by atoms with van der Waals surface area (Å²) in [6.07, 6.45) is 1.58. The van der Waals surface area contributed by atoms with Crippen LogP contribution in [0.1, 0.15) is 19.4 Å². The van der Waals surface area contributed by atoms with E-state index < -0.39 is 5.41 Å². The Kier molecular flexibility index (Phi) is 1.98. The summed E-state index contributed by atoms with van der Waals surface area (Å²) in [5, 5.41) is 2.87. The molecule has 1 aliphatic heterocycles. The molecule has 1 amide bonds. The number of oxazole rings is 1. The van der Waals surface area contributed by atoms with Gasteiger partial charge in [-0.15, -0.1) is 0 Å². The summed E-state index contributed by atoms with van der Waals surface area (Å²) >= 11 is 0. The number of carbonyl (C=O) groups excluding carboxylic acids is 1. The van der Waals surface area contributed by atoms with E-state index in [0.717, 1.165) is 16.8 Å². The number of carbonyl (C=O) groups is 1. The molecule has 0 saturated carbocycles. The third-order valence-corrected chi connectivity index (χ3v) is 3.75. The molecule has 2 aromatic heterocycles. The molecule has 1 aliphatic rings. The van der Waals surface area contributed by atoms with Crippen LogP contribution in [0.4, 0.5) is 5.69 Å². The van der Waals surface area contributed by atoms with Crippen molar-refractivity contribution in [3.63, 3.8) is 0 Å². The number of benzene rings is 1. The van der Waals surface area contributed by atoms with Gasteiger partial charge in [-0.05, 0) is 37.6 Å². The minimum Gasteiger partial charge on any atom is -0.459 e. The first-order valence-electron chi connectivity index (χ1n) is 6.36. The molecule has 0 fully saturated rings. The maximum Gasteiger partial charge on any atom is 0.263 e. The van der Waals surface area contributed by atoms with E-state index in [9.17, 15) is 4.79 Å². The first-order chi connectivity index (χ1) is 9.55. The van der Waals surface area contributed by atoms with Crippen LogP contribution in [-0.2, 0) is 10.2 Å². The molecule has 0 unspecified atom stereocenters. The molecule has 0 aliphatic carbocycles. The summed E-state index contributed by atoms with van der Waals surface area (Å²) in [5.74, 6) is 1.02. The van der Waals surface area contributed by atoms with Crippen LogP contribution in [-0.4, -0.2) is 10.9 Å². The molecule has 0 bridgehead atoms. The Bertz CT molecular complexity index is 828. The Morgan fingerprint density at radius 3 is 2.90 bits per heavy atom. The second kappa shape index (κ2) is 3.50. The van der Waals surface area contributed by atoms with E-state index in [-0.39, 0.29) is 5.91 Å². The molecule has 3 aromatic rings. The van der Waals surface area contributed by atoms with Crippen molar-refractivity contribution in [1.82, 2.24) is 4.98 Å². The average molecular weight is 268 g/mol. The molecule has 1 N–H and O–H groups in total. The van der Waals surface area contributed by atoms with Crippen molar-refractivity contribution in [2.75, 3.05) is 5.32 Å². The van der Waals surface area contributed by atoms with Crippen LogP contribution in [0.3, 0.4) is 0 Å². The summed E-state index contributed by atoms with van der Waals surface area (Å²) in [6.45, 7) is 3.79. The number of rotatable bonds is 1. The van der Waals surface area contributed by atoms with Crippen molar-refractivity contribution in [3.8, 4) is 11.7 Å². The number of anilines is 1. The van der Waals surface area contributed by atoms with Gasteiger partial charge in [0.2, 0.25) is 5.91 Å². The Balaban J connectivity index is 1.93. The van der Waals surface area contributed by atoms with Crippen molar-refractivity contribution in [2.45, 2.75) is 19.3 Å². The van der Waals surface area contributed by atoms with Crippen molar-refractivity contribution in [2.24, 2.45) is 0 Å². The van der Waals surface area contributed by atoms with Gasteiger partial charge in [0.25, 0.3) is 5.89 Å². The number of nitrogens with one attached hydrogen (secondary N) is 1. The molecule has 4 rings (SSSR count). The third-order valence-electron chi connectivity index (χ3n) is 3.75. The molecule has 0 radical (unpaired) electrons. The summed E-state index contributed by atoms with van der Waals surface area (Å²) < 4.78 is 11.0. The highest BCUT2D eigenvalue weighted by Crippen LogP contribution is 2.40. The standard InChI is InChI=1S/C15H12N2O3/c1-15(2)8-6-10-12(7-9(8)17-14(15)18)20-13(16-10)11-4-3-5-19-11/h3-7H,1-2H3,(H,17,18).